The molecular weight excluding hydrogens is 280 g/mol. The Morgan fingerprint density at radius 2 is 2.09 bits per heavy atom. The maximum atomic E-state index is 11.7. The standard InChI is InChI=1S/C17H26N2O3/c1-13-5-3-6-14(2)16(13)22-10-8-18-17(20)19-11-15-7-4-9-21-12-15/h3,5-6,15H,4,7-12H2,1-2H3,(H2,18,19,20)/t15-/m0/s1. The molecule has 1 aromatic carbocycles. The summed E-state index contributed by atoms with van der Waals surface area (Å²) >= 11 is 0. The first kappa shape index (κ1) is 16.6. The van der Waals surface area contributed by atoms with Gasteiger partial charge in [-0.15, -0.1) is 0 Å². The van der Waals surface area contributed by atoms with E-state index in [-0.39, 0.29) is 6.03 Å². The van der Waals surface area contributed by atoms with Crippen LogP contribution >= 0.6 is 0 Å². The monoisotopic (exact) mass is 306 g/mol. The van der Waals surface area contributed by atoms with E-state index in [1.165, 1.54) is 0 Å². The Hall–Kier alpha value is -1.75. The maximum absolute atomic E-state index is 11.7. The van der Waals surface area contributed by atoms with Crippen LogP contribution in [0.5, 0.6) is 5.75 Å². The zero-order chi connectivity index (χ0) is 15.8. The van der Waals surface area contributed by atoms with Crippen LogP contribution < -0.4 is 15.4 Å². The molecule has 0 spiro atoms. The lowest BCUT2D eigenvalue weighted by Gasteiger charge is -2.22. The van der Waals surface area contributed by atoms with Crippen molar-refractivity contribution in [3.05, 3.63) is 29.3 Å². The molecular formula is C17H26N2O3. The Balaban J connectivity index is 1.60. The van der Waals surface area contributed by atoms with E-state index in [9.17, 15) is 4.79 Å². The van der Waals surface area contributed by atoms with Gasteiger partial charge in [0.15, 0.2) is 0 Å². The van der Waals surface area contributed by atoms with Crippen molar-refractivity contribution in [2.24, 2.45) is 5.92 Å². The van der Waals surface area contributed by atoms with E-state index in [0.29, 0.717) is 25.6 Å². The van der Waals surface area contributed by atoms with Gasteiger partial charge in [0.1, 0.15) is 12.4 Å². The van der Waals surface area contributed by atoms with Crippen LogP contribution in [0.2, 0.25) is 0 Å². The van der Waals surface area contributed by atoms with Gasteiger partial charge in [-0.3, -0.25) is 0 Å². The second kappa shape index (κ2) is 8.63. The average Bonchev–Trinajstić information content (AvgIpc) is 2.53. The van der Waals surface area contributed by atoms with Gasteiger partial charge in [-0.25, -0.2) is 4.79 Å². The summed E-state index contributed by atoms with van der Waals surface area (Å²) in [5.41, 5.74) is 2.23. The van der Waals surface area contributed by atoms with Crippen molar-refractivity contribution in [1.82, 2.24) is 10.6 Å². The summed E-state index contributed by atoms with van der Waals surface area (Å²) in [6.45, 7) is 7.26. The fourth-order valence-corrected chi connectivity index (χ4v) is 2.61. The van der Waals surface area contributed by atoms with Crippen molar-refractivity contribution in [3.8, 4) is 5.75 Å². The van der Waals surface area contributed by atoms with Gasteiger partial charge in [0.05, 0.1) is 13.2 Å². The molecule has 0 radical (unpaired) electrons. The first-order valence-corrected chi connectivity index (χ1v) is 7.95. The van der Waals surface area contributed by atoms with Crippen molar-refractivity contribution >= 4 is 6.03 Å². The third-order valence-corrected chi connectivity index (χ3v) is 3.85. The molecule has 1 saturated heterocycles. The zero-order valence-electron chi connectivity index (χ0n) is 13.5. The predicted molar refractivity (Wildman–Crippen MR) is 86.4 cm³/mol. The van der Waals surface area contributed by atoms with E-state index in [0.717, 1.165) is 42.9 Å². The number of para-hydroxylation sites is 1. The molecule has 5 nitrogen and oxygen atoms in total. The first-order valence-electron chi connectivity index (χ1n) is 7.95. The van der Waals surface area contributed by atoms with Crippen molar-refractivity contribution in [2.75, 3.05) is 32.9 Å². The first-order chi connectivity index (χ1) is 10.7. The smallest absolute Gasteiger partial charge is 0.314 e. The highest BCUT2D eigenvalue weighted by Gasteiger charge is 2.14. The Kier molecular flexibility index (Phi) is 6.52. The fourth-order valence-electron chi connectivity index (χ4n) is 2.61. The third kappa shape index (κ3) is 5.22. The van der Waals surface area contributed by atoms with Gasteiger partial charge in [-0.05, 0) is 43.7 Å². The minimum atomic E-state index is -0.143. The van der Waals surface area contributed by atoms with Crippen LogP contribution in [-0.4, -0.2) is 38.9 Å². The van der Waals surface area contributed by atoms with Crippen molar-refractivity contribution in [2.45, 2.75) is 26.7 Å². The number of amides is 2. The topological polar surface area (TPSA) is 59.6 Å². The second-order valence-electron chi connectivity index (χ2n) is 5.79. The number of carbonyl (C=O) groups excluding carboxylic acids is 1. The molecule has 2 N–H and O–H groups in total. The molecule has 1 aliphatic rings. The van der Waals surface area contributed by atoms with Gasteiger partial charge < -0.3 is 20.1 Å². The molecule has 0 saturated carbocycles. The molecule has 0 aromatic heterocycles. The van der Waals surface area contributed by atoms with E-state index in [2.05, 4.69) is 10.6 Å². The van der Waals surface area contributed by atoms with Crippen molar-refractivity contribution < 1.29 is 14.3 Å². The van der Waals surface area contributed by atoms with Crippen LogP contribution in [0, 0.1) is 19.8 Å². The van der Waals surface area contributed by atoms with E-state index >= 15 is 0 Å². The van der Waals surface area contributed by atoms with E-state index < -0.39 is 0 Å². The largest absolute Gasteiger partial charge is 0.491 e. The number of hydrogen-bond acceptors (Lipinski definition) is 3. The van der Waals surface area contributed by atoms with Crippen LogP contribution in [-0.2, 0) is 4.74 Å². The molecule has 1 aromatic rings. The zero-order valence-corrected chi connectivity index (χ0v) is 13.5. The van der Waals surface area contributed by atoms with Gasteiger partial charge in [-0.1, -0.05) is 18.2 Å². The summed E-state index contributed by atoms with van der Waals surface area (Å²) in [5.74, 6) is 1.34. The number of aryl methyl sites for hydroxylation is 2. The highest BCUT2D eigenvalue weighted by molar-refractivity contribution is 5.73. The number of hydrogen-bond donors (Lipinski definition) is 2. The summed E-state index contributed by atoms with van der Waals surface area (Å²) in [5, 5.41) is 5.70. The lowest BCUT2D eigenvalue weighted by Crippen LogP contribution is -2.41. The molecule has 1 atom stereocenters. The molecule has 5 heteroatoms. The minimum Gasteiger partial charge on any atom is -0.491 e. The lowest BCUT2D eigenvalue weighted by molar-refractivity contribution is 0.0557. The normalized spacial score (nSPS) is 17.8. The quantitative estimate of drug-likeness (QED) is 0.794. The summed E-state index contributed by atoms with van der Waals surface area (Å²) in [6, 6.07) is 5.91. The molecule has 1 heterocycles. The number of benzene rings is 1. The van der Waals surface area contributed by atoms with E-state index in [1.54, 1.807) is 0 Å². The van der Waals surface area contributed by atoms with Gasteiger partial charge in [0, 0.05) is 13.2 Å². The third-order valence-electron chi connectivity index (χ3n) is 3.85. The molecule has 122 valence electrons. The Labute approximate surface area is 132 Å². The average molecular weight is 306 g/mol. The van der Waals surface area contributed by atoms with Gasteiger partial charge in [0.25, 0.3) is 0 Å². The van der Waals surface area contributed by atoms with Crippen LogP contribution in [0.15, 0.2) is 18.2 Å². The van der Waals surface area contributed by atoms with Crippen LogP contribution in [0.1, 0.15) is 24.0 Å². The molecule has 22 heavy (non-hydrogen) atoms. The fraction of sp³-hybridized carbons (Fsp3) is 0.588. The van der Waals surface area contributed by atoms with E-state index in [4.69, 9.17) is 9.47 Å². The predicted octanol–water partition coefficient (Wildman–Crippen LogP) is 2.41. The second-order valence-corrected chi connectivity index (χ2v) is 5.79. The molecule has 0 bridgehead atoms. The summed E-state index contributed by atoms with van der Waals surface area (Å²) in [6.07, 6.45) is 2.20. The SMILES string of the molecule is Cc1cccc(C)c1OCCNC(=O)NC[C@@H]1CCCOC1. The maximum Gasteiger partial charge on any atom is 0.314 e. The van der Waals surface area contributed by atoms with Crippen LogP contribution in [0.25, 0.3) is 0 Å². The Morgan fingerprint density at radius 1 is 1.32 bits per heavy atom. The van der Waals surface area contributed by atoms with Crippen LogP contribution in [0.3, 0.4) is 0 Å². The van der Waals surface area contributed by atoms with Gasteiger partial charge >= 0.3 is 6.03 Å². The molecule has 2 rings (SSSR count). The van der Waals surface area contributed by atoms with Gasteiger partial charge in [0.2, 0.25) is 0 Å². The Bertz CT molecular complexity index is 465. The highest BCUT2D eigenvalue weighted by atomic mass is 16.5. The summed E-state index contributed by atoms with van der Waals surface area (Å²) < 4.78 is 11.1. The molecule has 2 amide bonds. The molecule has 0 aliphatic carbocycles. The number of rotatable bonds is 6. The van der Waals surface area contributed by atoms with Gasteiger partial charge in [-0.2, -0.15) is 0 Å². The molecule has 1 fully saturated rings. The Morgan fingerprint density at radius 3 is 2.77 bits per heavy atom. The number of carbonyl (C=O) groups is 1. The minimum absolute atomic E-state index is 0.143. The number of ether oxygens (including phenoxy) is 2. The van der Waals surface area contributed by atoms with Crippen molar-refractivity contribution in [3.63, 3.8) is 0 Å². The van der Waals surface area contributed by atoms with Crippen molar-refractivity contribution in [1.29, 1.82) is 0 Å². The van der Waals surface area contributed by atoms with Crippen LogP contribution in [0.4, 0.5) is 4.79 Å². The number of nitrogens with one attached hydrogen (secondary N) is 2. The summed E-state index contributed by atoms with van der Waals surface area (Å²) in [4.78, 5) is 11.7. The molecule has 1 aliphatic heterocycles. The van der Waals surface area contributed by atoms with E-state index in [1.807, 2.05) is 32.0 Å². The lowest BCUT2D eigenvalue weighted by atomic mass is 10.0. The molecule has 0 unspecified atom stereocenters. The number of urea groups is 1. The summed E-state index contributed by atoms with van der Waals surface area (Å²) in [7, 11) is 0. The highest BCUT2D eigenvalue weighted by Crippen LogP contribution is 2.21.